The first kappa shape index (κ1) is 17.4. The molecule has 2 aromatic heterocycles. The maximum Gasteiger partial charge on any atom is 0.389 e. The summed E-state index contributed by atoms with van der Waals surface area (Å²) in [4.78, 5) is 22.2. The van der Waals surface area contributed by atoms with E-state index in [1.807, 2.05) is 60.3 Å². The maximum absolute atomic E-state index is 12.2. The molecule has 1 unspecified atom stereocenters. The molecule has 1 amide bonds. The largest absolute Gasteiger partial charge is 0.389 e. The summed E-state index contributed by atoms with van der Waals surface area (Å²) in [6, 6.07) is 13.0. The third kappa shape index (κ3) is 4.15. The van der Waals surface area contributed by atoms with Crippen LogP contribution in [0.25, 0.3) is 5.69 Å². The Bertz CT molecular complexity index is 901. The number of amides is 1. The number of rotatable bonds is 7. The monoisotopic (exact) mass is 353 g/mol. The third-order valence-corrected chi connectivity index (χ3v) is 4.03. The number of aromatic nitrogens is 3. The summed E-state index contributed by atoms with van der Waals surface area (Å²) < 4.78 is 3.40. The molecule has 8 heteroatoms. The Balaban J connectivity index is 1.57. The second-order valence-corrected chi connectivity index (χ2v) is 5.92. The molecule has 0 radical (unpaired) electrons. The fourth-order valence-corrected chi connectivity index (χ4v) is 2.65. The highest BCUT2D eigenvalue weighted by Crippen LogP contribution is 2.17. The van der Waals surface area contributed by atoms with E-state index in [2.05, 4.69) is 10.4 Å². The molecule has 0 spiro atoms. The van der Waals surface area contributed by atoms with Crippen molar-refractivity contribution in [1.29, 1.82) is 0 Å². The summed E-state index contributed by atoms with van der Waals surface area (Å²) >= 11 is 0. The fraction of sp³-hybridized carbons (Fsp3) is 0.222. The van der Waals surface area contributed by atoms with Gasteiger partial charge in [-0.3, -0.25) is 4.79 Å². The van der Waals surface area contributed by atoms with Crippen LogP contribution >= 0.6 is 0 Å². The number of hydrogen-bond donors (Lipinski definition) is 1. The molecule has 0 fully saturated rings. The van der Waals surface area contributed by atoms with Crippen molar-refractivity contribution in [3.05, 3.63) is 76.7 Å². The van der Waals surface area contributed by atoms with Crippen LogP contribution in [-0.2, 0) is 11.3 Å². The van der Waals surface area contributed by atoms with Crippen LogP contribution in [0.3, 0.4) is 0 Å². The van der Waals surface area contributed by atoms with Crippen molar-refractivity contribution in [2.24, 2.45) is 0 Å². The van der Waals surface area contributed by atoms with Crippen LogP contribution in [0, 0.1) is 10.1 Å². The normalized spacial score (nSPS) is 11.9. The summed E-state index contributed by atoms with van der Waals surface area (Å²) in [5.41, 5.74) is 2.02. The Kier molecular flexibility index (Phi) is 5.12. The van der Waals surface area contributed by atoms with Crippen molar-refractivity contribution in [1.82, 2.24) is 19.7 Å². The number of nitrogens with zero attached hydrogens (tertiary/aromatic N) is 4. The number of nitrogens with one attached hydrogen (secondary N) is 1. The van der Waals surface area contributed by atoms with Crippen molar-refractivity contribution >= 4 is 11.7 Å². The van der Waals surface area contributed by atoms with Gasteiger partial charge in [0.15, 0.2) is 0 Å². The van der Waals surface area contributed by atoms with Crippen LogP contribution in [0.4, 0.5) is 5.82 Å². The Hall–Kier alpha value is -3.42. The highest BCUT2D eigenvalue weighted by Gasteiger charge is 2.14. The lowest BCUT2D eigenvalue weighted by Crippen LogP contribution is -2.27. The van der Waals surface area contributed by atoms with Gasteiger partial charge in [0.1, 0.15) is 0 Å². The number of hydrogen-bond acceptors (Lipinski definition) is 4. The average molecular weight is 353 g/mol. The van der Waals surface area contributed by atoms with Gasteiger partial charge in [0.05, 0.1) is 29.9 Å². The van der Waals surface area contributed by atoms with Crippen molar-refractivity contribution < 1.29 is 9.72 Å². The van der Waals surface area contributed by atoms with Gasteiger partial charge in [-0.05, 0) is 41.7 Å². The van der Waals surface area contributed by atoms with Gasteiger partial charge in [0.2, 0.25) is 5.91 Å². The van der Waals surface area contributed by atoms with Gasteiger partial charge in [0.25, 0.3) is 0 Å². The summed E-state index contributed by atoms with van der Waals surface area (Å²) in [6.45, 7) is 2.21. The molecule has 0 saturated carbocycles. The number of nitro groups is 1. The van der Waals surface area contributed by atoms with Crippen molar-refractivity contribution in [2.45, 2.75) is 25.9 Å². The Morgan fingerprint density at radius 2 is 2.00 bits per heavy atom. The molecule has 1 aromatic carbocycles. The van der Waals surface area contributed by atoms with Gasteiger partial charge in [-0.2, -0.15) is 4.68 Å². The molecule has 3 rings (SSSR count). The number of carbonyl (C=O) groups excluding carboxylic acids is 1. The molecule has 134 valence electrons. The Morgan fingerprint density at radius 3 is 2.69 bits per heavy atom. The van der Waals surface area contributed by atoms with Gasteiger partial charge in [0, 0.05) is 24.5 Å². The molecule has 26 heavy (non-hydrogen) atoms. The van der Waals surface area contributed by atoms with E-state index in [4.69, 9.17) is 0 Å². The Labute approximate surface area is 150 Å². The first-order valence-corrected chi connectivity index (χ1v) is 8.23. The third-order valence-electron chi connectivity index (χ3n) is 4.03. The molecular formula is C18H19N5O3. The Morgan fingerprint density at radius 1 is 1.23 bits per heavy atom. The molecule has 0 bridgehead atoms. The summed E-state index contributed by atoms with van der Waals surface area (Å²) in [6.07, 6.45) is 5.62. The van der Waals surface area contributed by atoms with Crippen molar-refractivity contribution in [3.8, 4) is 5.69 Å². The molecule has 0 aliphatic carbocycles. The quantitative estimate of drug-likeness (QED) is 0.522. The zero-order valence-electron chi connectivity index (χ0n) is 14.3. The molecule has 8 nitrogen and oxygen atoms in total. The summed E-state index contributed by atoms with van der Waals surface area (Å²) in [5.74, 6) is -0.359. The summed E-state index contributed by atoms with van der Waals surface area (Å²) in [7, 11) is 0. The maximum atomic E-state index is 12.2. The zero-order chi connectivity index (χ0) is 18.5. The van der Waals surface area contributed by atoms with E-state index in [0.717, 1.165) is 11.3 Å². The van der Waals surface area contributed by atoms with E-state index in [0.29, 0.717) is 0 Å². The highest BCUT2D eigenvalue weighted by molar-refractivity contribution is 5.76. The van der Waals surface area contributed by atoms with Crippen molar-refractivity contribution in [2.75, 3.05) is 0 Å². The van der Waals surface area contributed by atoms with E-state index in [1.165, 1.54) is 16.9 Å². The van der Waals surface area contributed by atoms with Crippen LogP contribution in [0.5, 0.6) is 0 Å². The standard InChI is InChI=1S/C18H19N5O3/c1-14(15-5-4-6-16(13-15)21-9-2-3-10-21)19-18(24)8-12-22-11-7-17(20-22)23(25)26/h2-7,9-11,13-14H,8,12H2,1H3,(H,19,24). The van der Waals surface area contributed by atoms with E-state index in [9.17, 15) is 14.9 Å². The molecule has 3 aromatic rings. The lowest BCUT2D eigenvalue weighted by Gasteiger charge is -2.15. The lowest BCUT2D eigenvalue weighted by molar-refractivity contribution is -0.389. The average Bonchev–Trinajstić information content (AvgIpc) is 3.32. The molecule has 2 heterocycles. The van der Waals surface area contributed by atoms with Gasteiger partial charge < -0.3 is 20.0 Å². The van der Waals surface area contributed by atoms with Crippen LogP contribution < -0.4 is 5.32 Å². The minimum Gasteiger partial charge on any atom is -0.358 e. The van der Waals surface area contributed by atoms with Gasteiger partial charge in [-0.1, -0.05) is 12.1 Å². The van der Waals surface area contributed by atoms with E-state index in [-0.39, 0.29) is 30.7 Å². The lowest BCUT2D eigenvalue weighted by atomic mass is 10.1. The minimum atomic E-state index is -0.559. The predicted molar refractivity (Wildman–Crippen MR) is 95.8 cm³/mol. The van der Waals surface area contributed by atoms with E-state index < -0.39 is 4.92 Å². The molecule has 0 aliphatic rings. The molecule has 0 aliphatic heterocycles. The van der Waals surface area contributed by atoms with Crippen LogP contribution in [-0.4, -0.2) is 25.2 Å². The topological polar surface area (TPSA) is 95.0 Å². The number of aryl methyl sites for hydroxylation is 1. The SMILES string of the molecule is CC(NC(=O)CCn1ccc([N+](=O)[O-])n1)c1cccc(-n2cccc2)c1. The van der Waals surface area contributed by atoms with Gasteiger partial charge in [-0.25, -0.2) is 0 Å². The van der Waals surface area contributed by atoms with Crippen LogP contribution in [0.1, 0.15) is 24.9 Å². The number of carbonyl (C=O) groups is 1. The van der Waals surface area contributed by atoms with E-state index in [1.54, 1.807) is 0 Å². The van der Waals surface area contributed by atoms with Gasteiger partial charge in [-0.15, -0.1) is 0 Å². The first-order valence-electron chi connectivity index (χ1n) is 8.23. The second kappa shape index (κ2) is 7.64. The van der Waals surface area contributed by atoms with Crippen LogP contribution in [0.2, 0.25) is 0 Å². The molecule has 0 saturated heterocycles. The van der Waals surface area contributed by atoms with Crippen LogP contribution in [0.15, 0.2) is 61.1 Å². The zero-order valence-corrected chi connectivity index (χ0v) is 14.3. The molecule has 1 atom stereocenters. The predicted octanol–water partition coefficient (Wildman–Crippen LogP) is 2.85. The minimum absolute atomic E-state index is 0.137. The smallest absolute Gasteiger partial charge is 0.358 e. The fourth-order valence-electron chi connectivity index (χ4n) is 2.65. The molecule has 1 N–H and O–H groups in total. The van der Waals surface area contributed by atoms with Crippen molar-refractivity contribution in [3.63, 3.8) is 0 Å². The number of benzene rings is 1. The second-order valence-electron chi connectivity index (χ2n) is 5.92. The summed E-state index contributed by atoms with van der Waals surface area (Å²) in [5, 5.41) is 17.4. The molecular weight excluding hydrogens is 334 g/mol. The van der Waals surface area contributed by atoms with E-state index >= 15 is 0 Å². The highest BCUT2D eigenvalue weighted by atomic mass is 16.6. The van der Waals surface area contributed by atoms with Gasteiger partial charge >= 0.3 is 5.82 Å². The first-order chi connectivity index (χ1) is 12.5.